The normalized spacial score (nSPS) is 19.7. The topological polar surface area (TPSA) is 63.2 Å². The molecule has 1 amide bonds. The molecule has 1 aromatic rings. The van der Waals surface area contributed by atoms with Crippen molar-refractivity contribution >= 4 is 11.9 Å². The van der Waals surface area contributed by atoms with Crippen LogP contribution in [0.3, 0.4) is 0 Å². The van der Waals surface area contributed by atoms with Crippen LogP contribution >= 0.6 is 0 Å². The van der Waals surface area contributed by atoms with Crippen molar-refractivity contribution in [3.63, 3.8) is 0 Å². The molecule has 178 valence electrons. The first-order valence-electron chi connectivity index (χ1n) is 12.1. The van der Waals surface area contributed by atoms with Crippen LogP contribution < -0.4 is 10.6 Å². The third-order valence-corrected chi connectivity index (χ3v) is 7.11. The first kappa shape index (κ1) is 24.5. The van der Waals surface area contributed by atoms with Gasteiger partial charge in [0, 0.05) is 67.0 Å². The molecule has 1 aliphatic carbocycles. The van der Waals surface area contributed by atoms with Crippen molar-refractivity contribution in [3.05, 3.63) is 35.4 Å². The summed E-state index contributed by atoms with van der Waals surface area (Å²) in [5.41, 5.74) is 2.36. The highest BCUT2D eigenvalue weighted by molar-refractivity contribution is 5.85. The number of rotatable bonds is 8. The zero-order valence-electron chi connectivity index (χ0n) is 20.5. The summed E-state index contributed by atoms with van der Waals surface area (Å²) in [5.74, 6) is 0.987. The molecular weight excluding hydrogens is 400 g/mol. The van der Waals surface area contributed by atoms with Crippen molar-refractivity contribution in [1.29, 1.82) is 0 Å². The lowest BCUT2D eigenvalue weighted by atomic mass is 9.84. The van der Waals surface area contributed by atoms with Gasteiger partial charge in [0.1, 0.15) is 0 Å². The third-order valence-electron chi connectivity index (χ3n) is 7.11. The van der Waals surface area contributed by atoms with Crippen molar-refractivity contribution in [2.75, 3.05) is 60.4 Å². The van der Waals surface area contributed by atoms with Crippen molar-refractivity contribution < 1.29 is 4.79 Å². The summed E-state index contributed by atoms with van der Waals surface area (Å²) in [6.45, 7) is 10.3. The van der Waals surface area contributed by atoms with E-state index in [0.717, 1.165) is 77.5 Å². The van der Waals surface area contributed by atoms with E-state index in [4.69, 9.17) is 0 Å². The van der Waals surface area contributed by atoms with Crippen LogP contribution in [0.5, 0.6) is 0 Å². The fourth-order valence-corrected chi connectivity index (χ4v) is 5.03. The minimum absolute atomic E-state index is 0.228. The molecule has 7 heteroatoms. The molecule has 2 N–H and O–H groups in total. The predicted octanol–water partition coefficient (Wildman–Crippen LogP) is 2.14. The summed E-state index contributed by atoms with van der Waals surface area (Å²) in [4.78, 5) is 24.1. The number of aliphatic imine (C=N–C) groups is 1. The van der Waals surface area contributed by atoms with Crippen LogP contribution in [0.2, 0.25) is 0 Å². The minimum Gasteiger partial charge on any atom is -0.355 e. The largest absolute Gasteiger partial charge is 0.355 e. The van der Waals surface area contributed by atoms with E-state index in [2.05, 4.69) is 56.6 Å². The number of nitrogens with zero attached hydrogens (tertiary/aromatic N) is 4. The number of hydrogen-bond donors (Lipinski definition) is 2. The molecule has 0 bridgehead atoms. The fourth-order valence-electron chi connectivity index (χ4n) is 5.03. The van der Waals surface area contributed by atoms with Crippen LogP contribution in [-0.4, -0.2) is 87.0 Å². The first-order chi connectivity index (χ1) is 15.5. The van der Waals surface area contributed by atoms with E-state index in [0.29, 0.717) is 6.54 Å². The summed E-state index contributed by atoms with van der Waals surface area (Å²) < 4.78 is 0. The number of guanidine groups is 1. The SMILES string of the molecule is CCN1CCN(Cc2ccccc2CNC(=NC)NCC2(C(=O)N(C)C)CCCC2)CC1. The molecule has 7 nitrogen and oxygen atoms in total. The maximum absolute atomic E-state index is 12.8. The number of piperazine rings is 1. The second-order valence-electron chi connectivity index (χ2n) is 9.45. The lowest BCUT2D eigenvalue weighted by Crippen LogP contribution is -2.49. The molecule has 1 aromatic carbocycles. The molecule has 0 atom stereocenters. The van der Waals surface area contributed by atoms with E-state index in [1.54, 1.807) is 11.9 Å². The Morgan fingerprint density at radius 3 is 2.25 bits per heavy atom. The van der Waals surface area contributed by atoms with E-state index in [-0.39, 0.29) is 11.3 Å². The number of amides is 1. The molecule has 1 aliphatic heterocycles. The minimum atomic E-state index is -0.306. The summed E-state index contributed by atoms with van der Waals surface area (Å²) >= 11 is 0. The van der Waals surface area contributed by atoms with Gasteiger partial charge < -0.3 is 20.4 Å². The summed E-state index contributed by atoms with van der Waals surface area (Å²) in [7, 11) is 5.51. The van der Waals surface area contributed by atoms with Crippen molar-refractivity contribution in [3.8, 4) is 0 Å². The maximum atomic E-state index is 12.8. The molecule has 32 heavy (non-hydrogen) atoms. The molecular formula is C25H42N6O. The standard InChI is InChI=1S/C25H42N6O/c1-5-30-14-16-31(17-15-30)19-22-11-7-6-10-21(22)18-27-24(26-2)28-20-25(12-8-9-13-25)23(32)29(3)4/h6-7,10-11H,5,8-9,12-20H2,1-4H3,(H2,26,27,28). The summed E-state index contributed by atoms with van der Waals surface area (Å²) in [6, 6.07) is 8.68. The van der Waals surface area contributed by atoms with E-state index in [1.165, 1.54) is 11.1 Å². The summed E-state index contributed by atoms with van der Waals surface area (Å²) in [5, 5.41) is 6.92. The van der Waals surface area contributed by atoms with Crippen LogP contribution in [0.15, 0.2) is 29.3 Å². The molecule has 0 aromatic heterocycles. The van der Waals surface area contributed by atoms with Gasteiger partial charge in [-0.25, -0.2) is 0 Å². The average molecular weight is 443 g/mol. The van der Waals surface area contributed by atoms with Crippen LogP contribution in [-0.2, 0) is 17.9 Å². The zero-order valence-corrected chi connectivity index (χ0v) is 20.5. The van der Waals surface area contributed by atoms with Gasteiger partial charge >= 0.3 is 0 Å². The van der Waals surface area contributed by atoms with Crippen LogP contribution in [0.1, 0.15) is 43.7 Å². The van der Waals surface area contributed by atoms with Crippen molar-refractivity contribution in [2.45, 2.75) is 45.7 Å². The van der Waals surface area contributed by atoms with Gasteiger partial charge in [-0.1, -0.05) is 44.0 Å². The molecule has 2 aliphatic rings. The van der Waals surface area contributed by atoms with E-state index in [1.807, 2.05) is 14.1 Å². The monoisotopic (exact) mass is 442 g/mol. The Bertz CT molecular complexity index is 763. The van der Waals surface area contributed by atoms with Gasteiger partial charge in [-0.2, -0.15) is 0 Å². The highest BCUT2D eigenvalue weighted by Gasteiger charge is 2.42. The Morgan fingerprint density at radius 1 is 1.03 bits per heavy atom. The van der Waals surface area contributed by atoms with E-state index >= 15 is 0 Å². The Labute approximate surface area is 194 Å². The van der Waals surface area contributed by atoms with E-state index in [9.17, 15) is 4.79 Å². The smallest absolute Gasteiger partial charge is 0.230 e. The molecule has 0 radical (unpaired) electrons. The second-order valence-corrected chi connectivity index (χ2v) is 9.45. The van der Waals surface area contributed by atoms with Crippen molar-refractivity contribution in [2.24, 2.45) is 10.4 Å². The van der Waals surface area contributed by atoms with Gasteiger partial charge in [-0.05, 0) is 30.5 Å². The number of nitrogens with one attached hydrogen (secondary N) is 2. The Hall–Kier alpha value is -2.12. The maximum Gasteiger partial charge on any atom is 0.230 e. The first-order valence-corrected chi connectivity index (χ1v) is 12.1. The lowest BCUT2D eigenvalue weighted by molar-refractivity contribution is -0.138. The Kier molecular flexibility index (Phi) is 8.93. The van der Waals surface area contributed by atoms with Gasteiger partial charge in [-0.15, -0.1) is 0 Å². The molecule has 1 heterocycles. The van der Waals surface area contributed by atoms with Gasteiger partial charge in [0.25, 0.3) is 0 Å². The predicted molar refractivity (Wildman–Crippen MR) is 132 cm³/mol. The van der Waals surface area contributed by atoms with Gasteiger partial charge in [-0.3, -0.25) is 14.7 Å². The van der Waals surface area contributed by atoms with Crippen LogP contribution in [0, 0.1) is 5.41 Å². The molecule has 1 saturated heterocycles. The highest BCUT2D eigenvalue weighted by atomic mass is 16.2. The Balaban J connectivity index is 1.55. The third kappa shape index (κ3) is 6.23. The lowest BCUT2D eigenvalue weighted by Gasteiger charge is -2.34. The average Bonchev–Trinajstić information content (AvgIpc) is 3.30. The number of likely N-dealkylation sites (N-methyl/N-ethyl adjacent to an activating group) is 1. The van der Waals surface area contributed by atoms with Gasteiger partial charge in [0.2, 0.25) is 5.91 Å². The Morgan fingerprint density at radius 2 is 1.66 bits per heavy atom. The second kappa shape index (κ2) is 11.7. The number of hydrogen-bond acceptors (Lipinski definition) is 4. The van der Waals surface area contributed by atoms with Gasteiger partial charge in [0.15, 0.2) is 5.96 Å². The molecule has 0 unspecified atom stereocenters. The fraction of sp³-hybridized carbons (Fsp3) is 0.680. The molecule has 2 fully saturated rings. The van der Waals surface area contributed by atoms with Crippen LogP contribution in [0.4, 0.5) is 0 Å². The molecule has 0 spiro atoms. The quantitative estimate of drug-likeness (QED) is 0.477. The summed E-state index contributed by atoms with van der Waals surface area (Å²) in [6.07, 6.45) is 4.13. The molecule has 1 saturated carbocycles. The highest BCUT2D eigenvalue weighted by Crippen LogP contribution is 2.38. The van der Waals surface area contributed by atoms with E-state index < -0.39 is 0 Å². The number of carbonyl (C=O) groups is 1. The molecule has 3 rings (SSSR count). The van der Waals surface area contributed by atoms with Gasteiger partial charge in [0.05, 0.1) is 5.41 Å². The number of benzene rings is 1. The van der Waals surface area contributed by atoms with Crippen molar-refractivity contribution in [1.82, 2.24) is 25.3 Å². The zero-order chi connectivity index (χ0) is 23.0. The number of carbonyl (C=O) groups excluding carboxylic acids is 1. The van der Waals surface area contributed by atoms with Crippen LogP contribution in [0.25, 0.3) is 0 Å².